The lowest BCUT2D eigenvalue weighted by Gasteiger charge is -2.29. The van der Waals surface area contributed by atoms with Crippen LogP contribution in [0.5, 0.6) is 0 Å². The predicted octanol–water partition coefficient (Wildman–Crippen LogP) is 15.7. The highest BCUT2D eigenvalue weighted by atomic mass is 16.3. The minimum atomic E-state index is -0.326. The van der Waals surface area contributed by atoms with Crippen molar-refractivity contribution in [1.82, 2.24) is 9.97 Å². The SMILES string of the molecule is CC1(c2ccccc2)c2cc(-c3ccc(-c4cc(-c5cccc(-c6cccc7c6oc6ccccc67)c5)nc(-c5ccccc5)n4)cc3)ccc2-c2c(-c3ccccc3)cccc21. The molecule has 296 valence electrons. The number of para-hydroxylation sites is 2. The van der Waals surface area contributed by atoms with Gasteiger partial charge in [0.25, 0.3) is 0 Å². The van der Waals surface area contributed by atoms with Gasteiger partial charge >= 0.3 is 0 Å². The first-order valence-corrected chi connectivity index (χ1v) is 21.6. The Balaban J connectivity index is 0.941. The Bertz CT molecular complexity index is 3500. The van der Waals surface area contributed by atoms with Crippen LogP contribution < -0.4 is 0 Å². The zero-order valence-electron chi connectivity index (χ0n) is 34.7. The van der Waals surface area contributed by atoms with Gasteiger partial charge in [-0.1, -0.05) is 200 Å². The molecule has 0 aliphatic heterocycles. The van der Waals surface area contributed by atoms with Crippen molar-refractivity contribution in [3.63, 3.8) is 0 Å². The van der Waals surface area contributed by atoms with Gasteiger partial charge in [0.1, 0.15) is 11.2 Å². The third-order valence-electron chi connectivity index (χ3n) is 13.0. The Morgan fingerprint density at radius 2 is 0.952 bits per heavy atom. The lowest BCUT2D eigenvalue weighted by molar-refractivity contribution is 0.670. The van der Waals surface area contributed by atoms with Gasteiger partial charge in [0, 0.05) is 38.4 Å². The van der Waals surface area contributed by atoms with Crippen LogP contribution in [0, 0.1) is 0 Å². The molecule has 2 aromatic heterocycles. The molecule has 0 fully saturated rings. The van der Waals surface area contributed by atoms with E-state index in [9.17, 15) is 0 Å². The monoisotopic (exact) mass is 804 g/mol. The van der Waals surface area contributed by atoms with Crippen LogP contribution in [0.2, 0.25) is 0 Å². The summed E-state index contributed by atoms with van der Waals surface area (Å²) in [6.45, 7) is 2.39. The van der Waals surface area contributed by atoms with E-state index in [2.05, 4.69) is 201 Å². The van der Waals surface area contributed by atoms with Gasteiger partial charge in [0.05, 0.1) is 11.4 Å². The van der Waals surface area contributed by atoms with Gasteiger partial charge in [-0.2, -0.15) is 0 Å². The number of aromatic nitrogens is 2. The zero-order valence-corrected chi connectivity index (χ0v) is 34.7. The largest absolute Gasteiger partial charge is 0.455 e. The van der Waals surface area contributed by atoms with Crippen LogP contribution in [0.1, 0.15) is 23.6 Å². The average Bonchev–Trinajstić information content (AvgIpc) is 3.88. The van der Waals surface area contributed by atoms with Crippen molar-refractivity contribution in [1.29, 1.82) is 0 Å². The maximum atomic E-state index is 6.44. The van der Waals surface area contributed by atoms with E-state index < -0.39 is 0 Å². The highest BCUT2D eigenvalue weighted by Crippen LogP contribution is 2.56. The second-order valence-electron chi connectivity index (χ2n) is 16.6. The van der Waals surface area contributed by atoms with Gasteiger partial charge in [-0.25, -0.2) is 9.97 Å². The van der Waals surface area contributed by atoms with Gasteiger partial charge in [0.2, 0.25) is 0 Å². The molecule has 0 radical (unpaired) electrons. The Labute approximate surface area is 366 Å². The first kappa shape index (κ1) is 36.7. The van der Waals surface area contributed by atoms with Crippen molar-refractivity contribution in [2.75, 3.05) is 0 Å². The van der Waals surface area contributed by atoms with Crippen LogP contribution in [0.25, 0.3) is 100 Å². The van der Waals surface area contributed by atoms with Gasteiger partial charge in [-0.3, -0.25) is 0 Å². The van der Waals surface area contributed by atoms with Crippen molar-refractivity contribution in [2.45, 2.75) is 12.3 Å². The van der Waals surface area contributed by atoms with Crippen molar-refractivity contribution in [3.05, 3.63) is 241 Å². The third kappa shape index (κ3) is 6.12. The molecule has 9 aromatic carbocycles. The van der Waals surface area contributed by atoms with E-state index >= 15 is 0 Å². The summed E-state index contributed by atoms with van der Waals surface area (Å²) >= 11 is 0. The number of furan rings is 1. The molecule has 2 heterocycles. The molecule has 3 nitrogen and oxygen atoms in total. The molecule has 12 rings (SSSR count). The van der Waals surface area contributed by atoms with E-state index in [1.165, 1.54) is 44.5 Å². The fourth-order valence-electron chi connectivity index (χ4n) is 9.81. The Morgan fingerprint density at radius 1 is 0.365 bits per heavy atom. The first-order chi connectivity index (χ1) is 31.1. The van der Waals surface area contributed by atoms with E-state index in [4.69, 9.17) is 14.4 Å². The number of benzene rings is 9. The lowest BCUT2D eigenvalue weighted by Crippen LogP contribution is -2.22. The number of hydrogen-bond acceptors (Lipinski definition) is 3. The zero-order chi connectivity index (χ0) is 41.9. The summed E-state index contributed by atoms with van der Waals surface area (Å²) in [6.07, 6.45) is 0. The van der Waals surface area contributed by atoms with Crippen molar-refractivity contribution < 1.29 is 4.42 Å². The molecule has 1 atom stereocenters. The normalized spacial score (nSPS) is 14.2. The van der Waals surface area contributed by atoms with E-state index in [-0.39, 0.29) is 5.41 Å². The average molecular weight is 805 g/mol. The molecule has 0 N–H and O–H groups in total. The number of hydrogen-bond donors (Lipinski definition) is 0. The number of fused-ring (bicyclic) bond motifs is 6. The summed E-state index contributed by atoms with van der Waals surface area (Å²) < 4.78 is 6.44. The first-order valence-electron chi connectivity index (χ1n) is 21.6. The van der Waals surface area contributed by atoms with Gasteiger partial charge < -0.3 is 4.42 Å². The molecule has 0 spiro atoms. The molecule has 63 heavy (non-hydrogen) atoms. The molecule has 0 bridgehead atoms. The molecule has 0 saturated carbocycles. The third-order valence-corrected chi connectivity index (χ3v) is 13.0. The molecule has 0 amide bonds. The molecule has 1 aliphatic rings. The van der Waals surface area contributed by atoms with Gasteiger partial charge in [-0.05, 0) is 86.8 Å². The van der Waals surface area contributed by atoms with E-state index in [1.54, 1.807) is 0 Å². The molecular formula is C60H40N2O. The summed E-state index contributed by atoms with van der Waals surface area (Å²) in [5.74, 6) is 0.685. The Hall–Kier alpha value is -8.14. The maximum Gasteiger partial charge on any atom is 0.160 e. The predicted molar refractivity (Wildman–Crippen MR) is 259 cm³/mol. The minimum Gasteiger partial charge on any atom is -0.455 e. The summed E-state index contributed by atoms with van der Waals surface area (Å²) in [5.41, 5.74) is 19.7. The standard InChI is InChI=1S/C60H40N2O/c1-60(46-22-9-4-10-23-46)52-28-15-25-47(40-16-5-2-6-17-40)57(52)51-35-34-43(37-53(51)60)39-30-32-41(33-31-39)54-38-55(62-59(61-54)42-18-7-3-8-19-42)45-21-13-20-44(36-45)48-26-14-27-50-49-24-11-12-29-56(49)63-58(48)50/h2-38H,1H3. The summed E-state index contributed by atoms with van der Waals surface area (Å²) in [5, 5.41) is 2.23. The van der Waals surface area contributed by atoms with Gasteiger partial charge in [0.15, 0.2) is 5.82 Å². The summed E-state index contributed by atoms with van der Waals surface area (Å²) in [7, 11) is 0. The lowest BCUT2D eigenvalue weighted by atomic mass is 9.73. The van der Waals surface area contributed by atoms with E-state index in [0.717, 1.165) is 66.7 Å². The molecule has 0 saturated heterocycles. The van der Waals surface area contributed by atoms with Crippen LogP contribution in [0.4, 0.5) is 0 Å². The quantitative estimate of drug-likeness (QED) is 0.161. The second-order valence-corrected chi connectivity index (χ2v) is 16.6. The van der Waals surface area contributed by atoms with Crippen LogP contribution in [-0.2, 0) is 5.41 Å². The highest BCUT2D eigenvalue weighted by Gasteiger charge is 2.42. The van der Waals surface area contributed by atoms with E-state index in [1.807, 2.05) is 30.3 Å². The maximum absolute atomic E-state index is 6.44. The molecular weight excluding hydrogens is 765 g/mol. The second kappa shape index (κ2) is 14.8. The van der Waals surface area contributed by atoms with Gasteiger partial charge in [-0.15, -0.1) is 0 Å². The van der Waals surface area contributed by atoms with Crippen LogP contribution in [0.15, 0.2) is 229 Å². The molecule has 1 unspecified atom stereocenters. The fourth-order valence-corrected chi connectivity index (χ4v) is 9.81. The van der Waals surface area contributed by atoms with Crippen LogP contribution in [0.3, 0.4) is 0 Å². The number of nitrogens with zero attached hydrogens (tertiary/aromatic N) is 2. The minimum absolute atomic E-state index is 0.326. The van der Waals surface area contributed by atoms with Crippen molar-refractivity contribution in [3.8, 4) is 78.4 Å². The Kier molecular flexibility index (Phi) is 8.62. The molecule has 1 aliphatic carbocycles. The van der Waals surface area contributed by atoms with E-state index in [0.29, 0.717) is 5.82 Å². The van der Waals surface area contributed by atoms with Crippen LogP contribution >= 0.6 is 0 Å². The van der Waals surface area contributed by atoms with Crippen molar-refractivity contribution >= 4 is 21.9 Å². The summed E-state index contributed by atoms with van der Waals surface area (Å²) in [4.78, 5) is 10.4. The van der Waals surface area contributed by atoms with Crippen molar-refractivity contribution in [2.24, 2.45) is 0 Å². The van der Waals surface area contributed by atoms with Crippen LogP contribution in [-0.4, -0.2) is 9.97 Å². The molecule has 3 heteroatoms. The Morgan fingerprint density at radius 3 is 1.75 bits per heavy atom. The number of rotatable bonds is 7. The highest BCUT2D eigenvalue weighted by molar-refractivity contribution is 6.09. The molecule has 11 aromatic rings. The fraction of sp³-hybridized carbons (Fsp3) is 0.0333. The summed E-state index contributed by atoms with van der Waals surface area (Å²) in [6, 6.07) is 80.0. The smallest absolute Gasteiger partial charge is 0.160 e. The topological polar surface area (TPSA) is 38.9 Å².